The van der Waals surface area contributed by atoms with Crippen molar-refractivity contribution in [1.29, 1.82) is 0 Å². The van der Waals surface area contributed by atoms with Crippen LogP contribution in [0, 0.1) is 0 Å². The van der Waals surface area contributed by atoms with E-state index < -0.39 is 0 Å². The van der Waals surface area contributed by atoms with Gasteiger partial charge < -0.3 is 4.57 Å². The number of aromatic nitrogens is 2. The van der Waals surface area contributed by atoms with Gasteiger partial charge in [-0.2, -0.15) is 3.89 Å². The summed E-state index contributed by atoms with van der Waals surface area (Å²) in [5.41, 5.74) is 0. The zero-order valence-electron chi connectivity index (χ0n) is 4.34. The van der Waals surface area contributed by atoms with Crippen LogP contribution in [0.3, 0.4) is 0 Å². The van der Waals surface area contributed by atoms with Crippen molar-refractivity contribution in [3.63, 3.8) is 0 Å². The zero-order chi connectivity index (χ0) is 5.98. The van der Waals surface area contributed by atoms with Gasteiger partial charge in [-0.25, -0.2) is 4.98 Å². The maximum absolute atomic E-state index is 11.7. The molecule has 0 fully saturated rings. The number of hydrogen-bond donors (Lipinski definition) is 0. The van der Waals surface area contributed by atoms with E-state index in [1.807, 2.05) is 0 Å². The molecule has 0 aromatic carbocycles. The molecule has 4 heteroatoms. The molecule has 8 heavy (non-hydrogen) atoms. The van der Waals surface area contributed by atoms with E-state index in [4.69, 9.17) is 0 Å². The molecule has 0 spiro atoms. The molecule has 0 N–H and O–H groups in total. The minimum atomic E-state index is 0.154. The van der Waals surface area contributed by atoms with E-state index in [1.54, 1.807) is 24.0 Å². The molecule has 0 saturated heterocycles. The molecule has 0 bridgehead atoms. The first-order chi connectivity index (χ1) is 3.84. The lowest BCUT2D eigenvalue weighted by molar-refractivity contribution is 0.769. The number of aryl methyl sites for hydroxylation is 1. The summed E-state index contributed by atoms with van der Waals surface area (Å²) < 4.78 is 13.3. The molecule has 44 valence electrons. The van der Waals surface area contributed by atoms with Crippen molar-refractivity contribution in [2.45, 2.75) is 5.16 Å². The summed E-state index contributed by atoms with van der Waals surface area (Å²) in [5.74, 6) is 0. The number of rotatable bonds is 1. The monoisotopic (exact) mass is 132 g/mol. The predicted molar refractivity (Wildman–Crippen MR) is 30.2 cm³/mol. The lowest BCUT2D eigenvalue weighted by atomic mass is 10.9. The molecular weight excluding hydrogens is 127 g/mol. The van der Waals surface area contributed by atoms with Gasteiger partial charge in [-0.05, 0) is 0 Å². The van der Waals surface area contributed by atoms with E-state index in [0.717, 1.165) is 0 Å². The largest absolute Gasteiger partial charge is 0.327 e. The summed E-state index contributed by atoms with van der Waals surface area (Å²) in [6.45, 7) is 0. The van der Waals surface area contributed by atoms with Crippen LogP contribution in [0.15, 0.2) is 17.6 Å². The smallest absolute Gasteiger partial charge is 0.200 e. The lowest BCUT2D eigenvalue weighted by Crippen LogP contribution is -1.84. The van der Waals surface area contributed by atoms with E-state index in [-0.39, 0.29) is 12.1 Å². The standard InChI is InChI=1S/C4H5FN2S/c1-7-3-2-6-4(7)8-5/h2-3H,1H3. The summed E-state index contributed by atoms with van der Waals surface area (Å²) in [6, 6.07) is 0. The quantitative estimate of drug-likeness (QED) is 0.574. The summed E-state index contributed by atoms with van der Waals surface area (Å²) >= 11 is 0.154. The Labute approximate surface area is 51.0 Å². The van der Waals surface area contributed by atoms with Crippen molar-refractivity contribution in [1.82, 2.24) is 9.55 Å². The molecule has 2 nitrogen and oxygen atoms in total. The number of nitrogens with zero attached hydrogens (tertiary/aromatic N) is 2. The van der Waals surface area contributed by atoms with Crippen LogP contribution in [-0.2, 0) is 7.05 Å². The topological polar surface area (TPSA) is 17.8 Å². The normalized spacial score (nSPS) is 9.75. The Morgan fingerprint density at radius 2 is 2.62 bits per heavy atom. The fourth-order valence-electron chi connectivity index (χ4n) is 0.426. The first kappa shape index (κ1) is 5.62. The Morgan fingerprint density at radius 1 is 1.88 bits per heavy atom. The second-order valence-corrected chi connectivity index (χ2v) is 1.92. The van der Waals surface area contributed by atoms with E-state index >= 15 is 0 Å². The van der Waals surface area contributed by atoms with Gasteiger partial charge in [-0.15, -0.1) is 0 Å². The average Bonchev–Trinajstić information content (AvgIpc) is 2.14. The highest BCUT2D eigenvalue weighted by molar-refractivity contribution is 7.94. The minimum absolute atomic E-state index is 0.154. The van der Waals surface area contributed by atoms with Crippen LogP contribution < -0.4 is 0 Å². The highest BCUT2D eigenvalue weighted by Gasteiger charge is 1.95. The third-order valence-electron chi connectivity index (χ3n) is 0.846. The molecule has 0 aliphatic heterocycles. The molecule has 0 amide bonds. The summed E-state index contributed by atoms with van der Waals surface area (Å²) in [4.78, 5) is 3.69. The molecule has 0 radical (unpaired) electrons. The lowest BCUT2D eigenvalue weighted by Gasteiger charge is -1.88. The van der Waals surface area contributed by atoms with Gasteiger partial charge in [0.25, 0.3) is 0 Å². The maximum atomic E-state index is 11.7. The molecule has 0 atom stereocenters. The predicted octanol–water partition coefficient (Wildman–Crippen LogP) is 1.40. The van der Waals surface area contributed by atoms with Crippen molar-refractivity contribution in [3.05, 3.63) is 12.4 Å². The van der Waals surface area contributed by atoms with E-state index in [0.29, 0.717) is 5.16 Å². The van der Waals surface area contributed by atoms with Crippen LogP contribution in [0.1, 0.15) is 0 Å². The Bertz CT molecular complexity index is 174. The van der Waals surface area contributed by atoms with E-state index in [9.17, 15) is 3.89 Å². The number of halogens is 1. The maximum Gasteiger partial charge on any atom is 0.200 e. The molecule has 0 aliphatic carbocycles. The van der Waals surface area contributed by atoms with Crippen molar-refractivity contribution in [3.8, 4) is 0 Å². The Morgan fingerprint density at radius 3 is 2.88 bits per heavy atom. The first-order valence-corrected chi connectivity index (χ1v) is 2.82. The van der Waals surface area contributed by atoms with Crippen LogP contribution in [-0.4, -0.2) is 9.55 Å². The molecule has 1 heterocycles. The van der Waals surface area contributed by atoms with Crippen molar-refractivity contribution in [2.75, 3.05) is 0 Å². The fourth-order valence-corrected chi connectivity index (χ4v) is 0.697. The Balaban J connectivity index is 2.92. The van der Waals surface area contributed by atoms with Gasteiger partial charge in [0.2, 0.25) is 5.16 Å². The molecule has 1 aromatic heterocycles. The third-order valence-corrected chi connectivity index (χ3v) is 1.38. The van der Waals surface area contributed by atoms with E-state index in [1.165, 1.54) is 0 Å². The second-order valence-electron chi connectivity index (χ2n) is 1.40. The van der Waals surface area contributed by atoms with Crippen LogP contribution >= 0.6 is 12.1 Å². The van der Waals surface area contributed by atoms with Crippen molar-refractivity contribution < 1.29 is 3.89 Å². The number of hydrogen-bond acceptors (Lipinski definition) is 2. The van der Waals surface area contributed by atoms with Gasteiger partial charge in [0.15, 0.2) is 0 Å². The van der Waals surface area contributed by atoms with Gasteiger partial charge in [0.1, 0.15) is 12.1 Å². The number of imidazole rings is 1. The Kier molecular flexibility index (Phi) is 1.53. The fraction of sp³-hybridized carbons (Fsp3) is 0.250. The molecule has 0 aliphatic rings. The third kappa shape index (κ3) is 0.838. The summed E-state index contributed by atoms with van der Waals surface area (Å²) in [5, 5.41) is 0.394. The first-order valence-electron chi connectivity index (χ1n) is 2.10. The summed E-state index contributed by atoms with van der Waals surface area (Å²) in [6.07, 6.45) is 3.25. The zero-order valence-corrected chi connectivity index (χ0v) is 5.15. The van der Waals surface area contributed by atoms with Gasteiger partial charge in [0.05, 0.1) is 0 Å². The Hall–Kier alpha value is -0.510. The van der Waals surface area contributed by atoms with Crippen LogP contribution in [0.4, 0.5) is 3.89 Å². The van der Waals surface area contributed by atoms with Gasteiger partial charge in [-0.1, -0.05) is 0 Å². The SMILES string of the molecule is Cn1ccnc1SF. The van der Waals surface area contributed by atoms with Crippen molar-refractivity contribution in [2.24, 2.45) is 7.05 Å². The summed E-state index contributed by atoms with van der Waals surface area (Å²) in [7, 11) is 1.74. The van der Waals surface area contributed by atoms with E-state index in [2.05, 4.69) is 4.98 Å². The molecule has 1 rings (SSSR count). The van der Waals surface area contributed by atoms with Crippen LogP contribution in [0.2, 0.25) is 0 Å². The van der Waals surface area contributed by atoms with Gasteiger partial charge in [-0.3, -0.25) is 0 Å². The second kappa shape index (κ2) is 2.17. The molecule has 0 saturated carbocycles. The van der Waals surface area contributed by atoms with Crippen LogP contribution in [0.5, 0.6) is 0 Å². The highest BCUT2D eigenvalue weighted by atomic mass is 32.2. The van der Waals surface area contributed by atoms with Crippen molar-refractivity contribution >= 4 is 12.1 Å². The van der Waals surface area contributed by atoms with Gasteiger partial charge in [0, 0.05) is 19.4 Å². The van der Waals surface area contributed by atoms with Crippen LogP contribution in [0.25, 0.3) is 0 Å². The van der Waals surface area contributed by atoms with Gasteiger partial charge >= 0.3 is 0 Å². The highest BCUT2D eigenvalue weighted by Crippen LogP contribution is 2.13. The molecule has 0 unspecified atom stereocenters. The molecular formula is C4H5FN2S. The molecule has 1 aromatic rings. The average molecular weight is 132 g/mol. The minimum Gasteiger partial charge on any atom is -0.327 e.